The van der Waals surface area contributed by atoms with E-state index in [2.05, 4.69) is 20.3 Å². The van der Waals surface area contributed by atoms with Gasteiger partial charge in [0.2, 0.25) is 0 Å². The molecule has 0 spiro atoms. The first kappa shape index (κ1) is 21.4. The predicted octanol–water partition coefficient (Wildman–Crippen LogP) is 2.97. The van der Waals surface area contributed by atoms with Crippen LogP contribution < -0.4 is 16.0 Å². The summed E-state index contributed by atoms with van der Waals surface area (Å²) in [5, 5.41) is 20.6. The summed E-state index contributed by atoms with van der Waals surface area (Å²) in [6, 6.07) is 14.7. The van der Waals surface area contributed by atoms with Crippen molar-refractivity contribution in [2.75, 3.05) is 5.32 Å². The fourth-order valence-corrected chi connectivity index (χ4v) is 3.82. The molecule has 3 aromatic rings. The third-order valence-corrected chi connectivity index (χ3v) is 5.79. The molecule has 1 amide bonds. The number of anilines is 1. The molecule has 1 aromatic carbocycles. The van der Waals surface area contributed by atoms with Crippen LogP contribution in [-0.4, -0.2) is 39.0 Å². The molecule has 34 heavy (non-hydrogen) atoms. The molecular formula is C26H23N7O. The van der Waals surface area contributed by atoms with Crippen molar-refractivity contribution < 1.29 is 4.79 Å². The molecule has 0 unspecified atom stereocenters. The second-order valence-corrected chi connectivity index (χ2v) is 8.18. The minimum atomic E-state index is -0.336. The molecule has 2 aromatic heterocycles. The van der Waals surface area contributed by atoms with Gasteiger partial charge in [-0.05, 0) is 66.8 Å². The van der Waals surface area contributed by atoms with E-state index in [1.54, 1.807) is 47.6 Å². The fourth-order valence-electron chi connectivity index (χ4n) is 3.82. The Bertz CT molecular complexity index is 1440. The van der Waals surface area contributed by atoms with E-state index in [0.717, 1.165) is 34.7 Å². The third kappa shape index (κ3) is 4.52. The fraction of sp³-hybridized carbons (Fsp3) is 0.154. The molecule has 0 atom stereocenters. The lowest BCUT2D eigenvalue weighted by Gasteiger charge is -2.19. The van der Waals surface area contributed by atoms with E-state index in [9.17, 15) is 4.79 Å². The number of benzene rings is 1. The van der Waals surface area contributed by atoms with E-state index in [-0.39, 0.29) is 23.5 Å². The van der Waals surface area contributed by atoms with Gasteiger partial charge >= 0.3 is 0 Å². The largest absolute Gasteiger partial charge is 0.321 e. The lowest BCUT2D eigenvalue weighted by molar-refractivity contribution is 0.102. The Hall–Kier alpha value is -4.46. The summed E-state index contributed by atoms with van der Waals surface area (Å²) >= 11 is 0. The van der Waals surface area contributed by atoms with E-state index in [1.165, 1.54) is 6.34 Å². The Morgan fingerprint density at radius 1 is 1.09 bits per heavy atom. The highest BCUT2D eigenvalue weighted by atomic mass is 16.1. The number of pyridine rings is 2. The summed E-state index contributed by atoms with van der Waals surface area (Å²) < 4.78 is 0. The van der Waals surface area contributed by atoms with Gasteiger partial charge in [0.25, 0.3) is 5.91 Å². The lowest BCUT2D eigenvalue weighted by atomic mass is 10.0. The van der Waals surface area contributed by atoms with Crippen molar-refractivity contribution in [2.45, 2.75) is 25.3 Å². The number of allylic oxidation sites excluding steroid dienone is 1. The Morgan fingerprint density at radius 3 is 2.79 bits per heavy atom. The minimum Gasteiger partial charge on any atom is -0.321 e. The van der Waals surface area contributed by atoms with Crippen LogP contribution in [0.1, 0.15) is 40.9 Å². The zero-order chi connectivity index (χ0) is 23.5. The molecule has 8 heteroatoms. The number of hydrogen-bond donors (Lipinski definition) is 3. The van der Waals surface area contributed by atoms with Gasteiger partial charge in [0, 0.05) is 35.9 Å². The van der Waals surface area contributed by atoms with Gasteiger partial charge in [-0.3, -0.25) is 30.6 Å². The maximum atomic E-state index is 13.0. The molecule has 2 aliphatic rings. The molecule has 1 saturated carbocycles. The van der Waals surface area contributed by atoms with Crippen molar-refractivity contribution in [3.63, 3.8) is 0 Å². The lowest BCUT2D eigenvalue weighted by Crippen LogP contribution is -2.31. The number of rotatable bonds is 6. The zero-order valence-electron chi connectivity index (χ0n) is 18.4. The number of carbonyl (C=O) groups is 1. The Labute approximate surface area is 196 Å². The molecule has 0 radical (unpaired) electrons. The zero-order valence-corrected chi connectivity index (χ0v) is 18.4. The van der Waals surface area contributed by atoms with E-state index in [1.807, 2.05) is 30.5 Å². The van der Waals surface area contributed by atoms with Gasteiger partial charge in [-0.25, -0.2) is 0 Å². The molecule has 8 nitrogen and oxygen atoms in total. The van der Waals surface area contributed by atoms with Gasteiger partial charge in [0.1, 0.15) is 11.5 Å². The molecule has 3 heterocycles. The summed E-state index contributed by atoms with van der Waals surface area (Å²) in [5.41, 5.74) is 3.34. The maximum Gasteiger partial charge on any atom is 0.274 e. The summed E-state index contributed by atoms with van der Waals surface area (Å²) in [6.45, 7) is 0. The van der Waals surface area contributed by atoms with E-state index >= 15 is 0 Å². The summed E-state index contributed by atoms with van der Waals surface area (Å²) in [4.78, 5) is 27.7. The van der Waals surface area contributed by atoms with Crippen molar-refractivity contribution in [3.05, 3.63) is 94.7 Å². The van der Waals surface area contributed by atoms with Crippen molar-refractivity contribution in [1.82, 2.24) is 14.9 Å². The van der Waals surface area contributed by atoms with Crippen LogP contribution in [-0.2, 0) is 0 Å². The Balaban J connectivity index is 1.34. The number of carbonyl (C=O) groups excluding carboxylic acids is 1. The summed E-state index contributed by atoms with van der Waals surface area (Å²) in [5.74, 6) is -0.0822. The quantitative estimate of drug-likeness (QED) is 0.396. The van der Waals surface area contributed by atoms with E-state index in [4.69, 9.17) is 10.8 Å². The van der Waals surface area contributed by atoms with Crippen LogP contribution in [0.5, 0.6) is 0 Å². The van der Waals surface area contributed by atoms with Crippen LogP contribution in [0.3, 0.4) is 0 Å². The number of amidine groups is 1. The molecule has 0 bridgehead atoms. The monoisotopic (exact) mass is 449 g/mol. The van der Waals surface area contributed by atoms with Crippen LogP contribution >= 0.6 is 0 Å². The first-order chi connectivity index (χ1) is 16.6. The number of fused-ring (bicyclic) bond motifs is 1. The van der Waals surface area contributed by atoms with Gasteiger partial charge in [0.15, 0.2) is 0 Å². The first-order valence-electron chi connectivity index (χ1n) is 11.1. The number of nitrogens with zero attached hydrogens (tertiary/aromatic N) is 4. The van der Waals surface area contributed by atoms with Gasteiger partial charge in [-0.1, -0.05) is 18.2 Å². The molecule has 0 saturated heterocycles. The molecule has 1 aliphatic carbocycles. The highest BCUT2D eigenvalue weighted by Crippen LogP contribution is 2.27. The summed E-state index contributed by atoms with van der Waals surface area (Å²) in [7, 11) is 0. The maximum absolute atomic E-state index is 13.0. The van der Waals surface area contributed by atoms with Gasteiger partial charge < -0.3 is 10.2 Å². The average Bonchev–Trinajstić information content (AvgIpc) is 3.72. The number of hydrogen-bond acceptors (Lipinski definition) is 6. The highest BCUT2D eigenvalue weighted by molar-refractivity contribution is 6.06. The second-order valence-electron chi connectivity index (χ2n) is 8.18. The molecule has 1 aliphatic heterocycles. The molecule has 1 fully saturated rings. The molecule has 5 rings (SSSR count). The van der Waals surface area contributed by atoms with Crippen LogP contribution in [0.25, 0.3) is 11.6 Å². The number of nitrogens with one attached hydrogen (secondary N) is 3. The van der Waals surface area contributed by atoms with Gasteiger partial charge in [0.05, 0.1) is 17.0 Å². The third-order valence-electron chi connectivity index (χ3n) is 5.79. The smallest absolute Gasteiger partial charge is 0.274 e. The molecular weight excluding hydrogens is 426 g/mol. The normalized spacial score (nSPS) is 14.4. The second kappa shape index (κ2) is 9.19. The first-order valence-corrected chi connectivity index (χ1v) is 11.1. The van der Waals surface area contributed by atoms with Crippen LogP contribution in [0, 0.1) is 10.8 Å². The molecule has 168 valence electrons. The van der Waals surface area contributed by atoms with Crippen molar-refractivity contribution in [1.29, 1.82) is 10.8 Å². The van der Waals surface area contributed by atoms with Crippen molar-refractivity contribution >= 4 is 35.4 Å². The van der Waals surface area contributed by atoms with Crippen LogP contribution in [0.4, 0.5) is 5.69 Å². The predicted molar refractivity (Wildman–Crippen MR) is 131 cm³/mol. The Morgan fingerprint density at radius 2 is 1.97 bits per heavy atom. The van der Waals surface area contributed by atoms with E-state index in [0.29, 0.717) is 17.7 Å². The van der Waals surface area contributed by atoms with Crippen LogP contribution in [0.2, 0.25) is 0 Å². The van der Waals surface area contributed by atoms with Crippen LogP contribution in [0.15, 0.2) is 72.1 Å². The SMILES string of the molecule is N=CN(C(=N)c1cccc(NC(=O)c2cc(C3=CN=c4cccnc4=CC3)ccn2)c1)C1CC1. The van der Waals surface area contributed by atoms with Crippen molar-refractivity contribution in [3.8, 4) is 0 Å². The van der Waals surface area contributed by atoms with Crippen molar-refractivity contribution in [2.24, 2.45) is 4.99 Å². The molecule has 3 N–H and O–H groups in total. The number of aromatic nitrogens is 2. The Kier molecular flexibility index (Phi) is 5.78. The highest BCUT2D eigenvalue weighted by Gasteiger charge is 2.30. The minimum absolute atomic E-state index is 0.223. The topological polar surface area (TPSA) is 118 Å². The number of amides is 1. The van der Waals surface area contributed by atoms with Gasteiger partial charge in [-0.2, -0.15) is 0 Å². The standard InChI is InChI=1S/C26H23N7O/c27-16-33(21-7-8-21)25(28)18-3-1-4-20(13-18)32-26(34)24-14-17(10-12-30-24)19-6-9-23-22(31-15-19)5-2-11-29-23/h1-5,9-16,21,27-28H,6-8H2,(H,32,34). The average molecular weight is 450 g/mol. The van der Waals surface area contributed by atoms with Gasteiger partial charge in [-0.15, -0.1) is 0 Å². The van der Waals surface area contributed by atoms with E-state index < -0.39 is 0 Å². The summed E-state index contributed by atoms with van der Waals surface area (Å²) in [6.07, 6.45) is 11.0.